The number of sulfonamides is 1. The van der Waals surface area contributed by atoms with Crippen molar-refractivity contribution in [1.29, 1.82) is 0 Å². The molecule has 8 nitrogen and oxygen atoms in total. The van der Waals surface area contributed by atoms with E-state index in [1.807, 2.05) is 13.8 Å². The maximum Gasteiger partial charge on any atom is 0.250 e. The van der Waals surface area contributed by atoms with E-state index >= 15 is 0 Å². The van der Waals surface area contributed by atoms with Crippen molar-refractivity contribution in [2.24, 2.45) is 4.99 Å². The van der Waals surface area contributed by atoms with E-state index in [1.165, 1.54) is 11.3 Å². The molecule has 0 saturated carbocycles. The third-order valence-electron chi connectivity index (χ3n) is 3.17. The van der Waals surface area contributed by atoms with Gasteiger partial charge in [-0.1, -0.05) is 6.07 Å². The molecule has 0 amide bonds. The molecule has 0 saturated heterocycles. The monoisotopic (exact) mass is 499 g/mol. The normalized spacial score (nSPS) is 11.9. The zero-order chi connectivity index (χ0) is 17.6. The summed E-state index contributed by atoms with van der Waals surface area (Å²) in [5, 5.41) is 7.81. The Labute approximate surface area is 168 Å². The first-order chi connectivity index (χ1) is 11.4. The second-order valence-corrected chi connectivity index (χ2v) is 7.87. The van der Waals surface area contributed by atoms with Crippen LogP contribution < -0.4 is 15.4 Å². The largest absolute Gasteiger partial charge is 0.444 e. The molecule has 3 N–H and O–H groups in total. The average molecular weight is 499 g/mol. The highest BCUT2D eigenvalue weighted by Crippen LogP contribution is 2.14. The van der Waals surface area contributed by atoms with E-state index in [-0.39, 0.29) is 30.5 Å². The molecule has 0 bridgehead atoms. The van der Waals surface area contributed by atoms with Crippen LogP contribution in [-0.2, 0) is 16.6 Å². The number of aromatic nitrogens is 1. The fourth-order valence-corrected chi connectivity index (χ4v) is 3.92. The van der Waals surface area contributed by atoms with Gasteiger partial charge in [0, 0.05) is 20.1 Å². The summed E-state index contributed by atoms with van der Waals surface area (Å²) < 4.78 is 32.2. The molecule has 0 spiro atoms. The first-order valence-electron chi connectivity index (χ1n) is 7.33. The number of nitrogens with one attached hydrogen (secondary N) is 3. The quantitative estimate of drug-likeness (QED) is 0.231. The summed E-state index contributed by atoms with van der Waals surface area (Å²) in [6.07, 6.45) is 0. The van der Waals surface area contributed by atoms with Crippen molar-refractivity contribution in [3.63, 3.8) is 0 Å². The van der Waals surface area contributed by atoms with Gasteiger partial charge in [0.25, 0.3) is 0 Å². The number of nitrogens with zero attached hydrogens (tertiary/aromatic N) is 2. The molecule has 0 aromatic carbocycles. The van der Waals surface area contributed by atoms with E-state index in [1.54, 1.807) is 24.6 Å². The molecule has 0 unspecified atom stereocenters. The Morgan fingerprint density at radius 1 is 1.32 bits per heavy atom. The van der Waals surface area contributed by atoms with Crippen molar-refractivity contribution in [1.82, 2.24) is 20.3 Å². The maximum absolute atomic E-state index is 12.0. The highest BCUT2D eigenvalue weighted by atomic mass is 127. The van der Waals surface area contributed by atoms with Gasteiger partial charge in [-0.05, 0) is 25.3 Å². The number of rotatable bonds is 7. The van der Waals surface area contributed by atoms with E-state index in [4.69, 9.17) is 4.42 Å². The molecule has 25 heavy (non-hydrogen) atoms. The highest BCUT2D eigenvalue weighted by molar-refractivity contribution is 14.0. The summed E-state index contributed by atoms with van der Waals surface area (Å²) in [6, 6.07) is 3.27. The minimum Gasteiger partial charge on any atom is -0.444 e. The third-order valence-corrected chi connectivity index (χ3v) is 6.03. The van der Waals surface area contributed by atoms with E-state index in [2.05, 4.69) is 25.3 Å². The molecule has 0 aliphatic carbocycles. The van der Waals surface area contributed by atoms with Crippen LogP contribution in [0.15, 0.2) is 31.1 Å². The van der Waals surface area contributed by atoms with Crippen molar-refractivity contribution in [3.05, 3.63) is 34.9 Å². The van der Waals surface area contributed by atoms with Crippen molar-refractivity contribution >= 4 is 51.3 Å². The van der Waals surface area contributed by atoms with Crippen LogP contribution in [0.25, 0.3) is 0 Å². The molecule has 2 aromatic heterocycles. The Morgan fingerprint density at radius 2 is 2.08 bits per heavy atom. The smallest absolute Gasteiger partial charge is 0.250 e. The van der Waals surface area contributed by atoms with Crippen LogP contribution in [0.2, 0.25) is 0 Å². The van der Waals surface area contributed by atoms with Crippen molar-refractivity contribution in [2.45, 2.75) is 24.6 Å². The van der Waals surface area contributed by atoms with Gasteiger partial charge >= 0.3 is 0 Å². The topological polar surface area (TPSA) is 109 Å². The summed E-state index contributed by atoms with van der Waals surface area (Å²) in [4.78, 5) is 8.34. The number of halogens is 1. The standard InChI is InChI=1S/C14H21N5O3S2.HI/c1-10-11(2)22-12(19-10)9-17-14(15-3)16-6-7-18-24(20,21)13-5-4-8-23-13;/h4-5,8,18H,6-7,9H2,1-3H3,(H2,15,16,17);1H. The van der Waals surface area contributed by atoms with E-state index in [0.717, 1.165) is 11.5 Å². The Hall–Kier alpha value is -1.18. The van der Waals surface area contributed by atoms with Crippen LogP contribution in [0, 0.1) is 13.8 Å². The Balaban J connectivity index is 0.00000312. The van der Waals surface area contributed by atoms with E-state index in [9.17, 15) is 8.42 Å². The van der Waals surface area contributed by atoms with Crippen LogP contribution in [0.5, 0.6) is 0 Å². The first kappa shape index (κ1) is 21.9. The number of hydrogen-bond acceptors (Lipinski definition) is 6. The van der Waals surface area contributed by atoms with Gasteiger partial charge in [-0.25, -0.2) is 18.1 Å². The summed E-state index contributed by atoms with van der Waals surface area (Å²) in [5.41, 5.74) is 0.859. The predicted molar refractivity (Wildman–Crippen MR) is 109 cm³/mol. The Bertz CT molecular complexity index is 768. The van der Waals surface area contributed by atoms with Crippen molar-refractivity contribution in [3.8, 4) is 0 Å². The van der Waals surface area contributed by atoms with Gasteiger partial charge in [0.1, 0.15) is 9.97 Å². The third kappa shape index (κ3) is 6.56. The summed E-state index contributed by atoms with van der Waals surface area (Å²) >= 11 is 1.18. The van der Waals surface area contributed by atoms with Crippen molar-refractivity contribution in [2.75, 3.05) is 20.1 Å². The minimum atomic E-state index is -3.44. The van der Waals surface area contributed by atoms with Crippen LogP contribution in [0.4, 0.5) is 0 Å². The van der Waals surface area contributed by atoms with Gasteiger partial charge in [-0.15, -0.1) is 35.3 Å². The van der Waals surface area contributed by atoms with Gasteiger partial charge in [-0.2, -0.15) is 0 Å². The molecule has 0 aliphatic heterocycles. The van der Waals surface area contributed by atoms with Gasteiger partial charge in [0.2, 0.25) is 15.9 Å². The van der Waals surface area contributed by atoms with E-state index < -0.39 is 10.0 Å². The fraction of sp³-hybridized carbons (Fsp3) is 0.429. The lowest BCUT2D eigenvalue weighted by atomic mass is 10.4. The first-order valence-corrected chi connectivity index (χ1v) is 9.69. The number of thiophene rings is 1. The Morgan fingerprint density at radius 3 is 2.64 bits per heavy atom. The zero-order valence-corrected chi connectivity index (χ0v) is 18.2. The fourth-order valence-electron chi connectivity index (χ4n) is 1.85. The van der Waals surface area contributed by atoms with Crippen LogP contribution in [0.3, 0.4) is 0 Å². The second-order valence-electron chi connectivity index (χ2n) is 4.93. The number of guanidine groups is 1. The minimum absolute atomic E-state index is 0. The molecule has 0 atom stereocenters. The van der Waals surface area contributed by atoms with Crippen LogP contribution in [0.1, 0.15) is 17.3 Å². The van der Waals surface area contributed by atoms with E-state index in [0.29, 0.717) is 29.1 Å². The lowest BCUT2D eigenvalue weighted by Gasteiger charge is -2.11. The average Bonchev–Trinajstić information content (AvgIpc) is 3.18. The Kier molecular flexibility index (Phi) is 8.82. The van der Waals surface area contributed by atoms with Crippen LogP contribution >= 0.6 is 35.3 Å². The molecular weight excluding hydrogens is 477 g/mol. The molecule has 0 radical (unpaired) electrons. The molecule has 0 fully saturated rings. The lowest BCUT2D eigenvalue weighted by molar-refractivity contribution is 0.464. The SMILES string of the molecule is CN=C(NCCNS(=O)(=O)c1cccs1)NCc1nc(C)c(C)o1.I. The van der Waals surface area contributed by atoms with Gasteiger partial charge in [0.15, 0.2) is 5.96 Å². The highest BCUT2D eigenvalue weighted by Gasteiger charge is 2.13. The zero-order valence-electron chi connectivity index (χ0n) is 14.2. The van der Waals surface area contributed by atoms with Gasteiger partial charge in [-0.3, -0.25) is 4.99 Å². The van der Waals surface area contributed by atoms with Gasteiger partial charge in [0.05, 0.1) is 12.2 Å². The number of aliphatic imine (C=N–C) groups is 1. The van der Waals surface area contributed by atoms with Crippen molar-refractivity contribution < 1.29 is 12.8 Å². The number of aryl methyl sites for hydroxylation is 2. The molecule has 0 aliphatic rings. The summed E-state index contributed by atoms with van der Waals surface area (Å²) in [6.45, 7) is 4.79. The second kappa shape index (κ2) is 10.1. The molecular formula is C14H22IN5O3S2. The molecule has 2 heterocycles. The van der Waals surface area contributed by atoms with Crippen LogP contribution in [-0.4, -0.2) is 39.5 Å². The number of hydrogen-bond donors (Lipinski definition) is 3. The maximum atomic E-state index is 12.0. The summed E-state index contributed by atoms with van der Waals surface area (Å²) in [5.74, 6) is 1.91. The molecule has 2 aromatic rings. The molecule has 140 valence electrons. The predicted octanol–water partition coefficient (Wildman–Crippen LogP) is 1.61. The molecule has 11 heteroatoms. The number of oxazole rings is 1. The lowest BCUT2D eigenvalue weighted by Crippen LogP contribution is -2.41. The van der Waals surface area contributed by atoms with Gasteiger partial charge < -0.3 is 15.1 Å². The summed E-state index contributed by atoms with van der Waals surface area (Å²) in [7, 11) is -1.80. The molecule has 2 rings (SSSR count).